The van der Waals surface area contributed by atoms with Gasteiger partial charge in [-0.1, -0.05) is 6.92 Å². The van der Waals surface area contributed by atoms with Crippen LogP contribution < -0.4 is 5.73 Å². The summed E-state index contributed by atoms with van der Waals surface area (Å²) in [4.78, 5) is 2.71. The fraction of sp³-hybridized carbons (Fsp3) is 1.00. The van der Waals surface area contributed by atoms with Crippen molar-refractivity contribution in [1.82, 2.24) is 4.90 Å². The fourth-order valence-electron chi connectivity index (χ4n) is 2.75. The normalized spacial score (nSPS) is 37.5. The third-order valence-corrected chi connectivity index (χ3v) is 3.53. The lowest BCUT2D eigenvalue weighted by molar-refractivity contribution is 0.220. The number of fused-ring (bicyclic) bond motifs is 2. The van der Waals surface area contributed by atoms with Crippen LogP contribution in [-0.2, 0) is 0 Å². The standard InChI is InChI=1S/C10H20N2/c1-8(6-11)7-12-9-2-3-10(12)5-4-9/h8-10H,2-7,11H2,1H3. The maximum Gasteiger partial charge on any atom is 0.00994 e. The maximum atomic E-state index is 5.63. The first-order valence-electron chi connectivity index (χ1n) is 5.27. The lowest BCUT2D eigenvalue weighted by atomic mass is 10.0. The third kappa shape index (κ3) is 1.38. The van der Waals surface area contributed by atoms with E-state index in [1.807, 2.05) is 0 Å². The minimum atomic E-state index is 0.686. The summed E-state index contributed by atoms with van der Waals surface area (Å²) in [5, 5.41) is 0. The van der Waals surface area contributed by atoms with Gasteiger partial charge in [0, 0.05) is 18.6 Å². The summed E-state index contributed by atoms with van der Waals surface area (Å²) in [7, 11) is 0. The van der Waals surface area contributed by atoms with Gasteiger partial charge >= 0.3 is 0 Å². The molecule has 1 unspecified atom stereocenters. The van der Waals surface area contributed by atoms with Crippen molar-refractivity contribution in [1.29, 1.82) is 0 Å². The zero-order chi connectivity index (χ0) is 8.55. The highest BCUT2D eigenvalue weighted by molar-refractivity contribution is 4.95. The highest BCUT2D eigenvalue weighted by Gasteiger charge is 2.39. The van der Waals surface area contributed by atoms with Gasteiger partial charge in [-0.2, -0.15) is 0 Å². The van der Waals surface area contributed by atoms with Crippen molar-refractivity contribution in [3.8, 4) is 0 Å². The predicted octanol–water partition coefficient (Wildman–Crippen LogP) is 1.21. The Morgan fingerprint density at radius 2 is 1.75 bits per heavy atom. The summed E-state index contributed by atoms with van der Waals surface area (Å²) in [5.74, 6) is 0.686. The third-order valence-electron chi connectivity index (χ3n) is 3.53. The van der Waals surface area contributed by atoms with E-state index in [4.69, 9.17) is 5.73 Å². The van der Waals surface area contributed by atoms with E-state index in [1.54, 1.807) is 0 Å². The molecule has 0 amide bonds. The molecule has 2 nitrogen and oxygen atoms in total. The van der Waals surface area contributed by atoms with Crippen LogP contribution in [0.1, 0.15) is 32.6 Å². The Bertz CT molecular complexity index is 138. The van der Waals surface area contributed by atoms with Crippen LogP contribution in [0, 0.1) is 5.92 Å². The monoisotopic (exact) mass is 168 g/mol. The van der Waals surface area contributed by atoms with Crippen molar-refractivity contribution in [3.05, 3.63) is 0 Å². The molecule has 2 heterocycles. The van der Waals surface area contributed by atoms with Crippen LogP contribution in [0.5, 0.6) is 0 Å². The number of hydrogen-bond donors (Lipinski definition) is 1. The van der Waals surface area contributed by atoms with E-state index >= 15 is 0 Å². The Balaban J connectivity index is 1.88. The maximum absolute atomic E-state index is 5.63. The van der Waals surface area contributed by atoms with Gasteiger partial charge in [-0.3, -0.25) is 4.90 Å². The Labute approximate surface area is 75.1 Å². The average Bonchev–Trinajstić information content (AvgIpc) is 2.65. The van der Waals surface area contributed by atoms with E-state index in [2.05, 4.69) is 11.8 Å². The molecule has 0 aliphatic carbocycles. The van der Waals surface area contributed by atoms with Gasteiger partial charge in [0.15, 0.2) is 0 Å². The SMILES string of the molecule is CC(CN)CN1C2CCC1CC2. The minimum absolute atomic E-state index is 0.686. The van der Waals surface area contributed by atoms with Crippen molar-refractivity contribution in [3.63, 3.8) is 0 Å². The molecule has 0 spiro atoms. The lowest BCUT2D eigenvalue weighted by Crippen LogP contribution is -2.35. The van der Waals surface area contributed by atoms with Crippen LogP contribution in [0.25, 0.3) is 0 Å². The molecule has 0 radical (unpaired) electrons. The zero-order valence-electron chi connectivity index (χ0n) is 8.00. The molecule has 2 heteroatoms. The number of rotatable bonds is 3. The van der Waals surface area contributed by atoms with E-state index < -0.39 is 0 Å². The van der Waals surface area contributed by atoms with Crippen LogP contribution in [0.15, 0.2) is 0 Å². The molecule has 2 bridgehead atoms. The van der Waals surface area contributed by atoms with Gasteiger partial charge in [0.05, 0.1) is 0 Å². The Hall–Kier alpha value is -0.0800. The minimum Gasteiger partial charge on any atom is -0.330 e. The number of hydrogen-bond acceptors (Lipinski definition) is 2. The first kappa shape index (κ1) is 8.52. The van der Waals surface area contributed by atoms with E-state index in [0.29, 0.717) is 5.92 Å². The van der Waals surface area contributed by atoms with Gasteiger partial charge in [-0.05, 0) is 38.1 Å². The Morgan fingerprint density at radius 3 is 2.17 bits per heavy atom. The van der Waals surface area contributed by atoms with E-state index in [0.717, 1.165) is 18.6 Å². The predicted molar refractivity (Wildman–Crippen MR) is 51.0 cm³/mol. The van der Waals surface area contributed by atoms with Crippen molar-refractivity contribution >= 4 is 0 Å². The first-order chi connectivity index (χ1) is 5.81. The van der Waals surface area contributed by atoms with Gasteiger partial charge in [-0.15, -0.1) is 0 Å². The molecule has 0 aromatic rings. The van der Waals surface area contributed by atoms with Crippen molar-refractivity contribution in [2.24, 2.45) is 11.7 Å². The van der Waals surface area contributed by atoms with E-state index in [1.165, 1.54) is 32.2 Å². The Morgan fingerprint density at radius 1 is 1.25 bits per heavy atom. The molecule has 2 saturated heterocycles. The van der Waals surface area contributed by atoms with Crippen LogP contribution in [0.3, 0.4) is 0 Å². The second-order valence-corrected chi connectivity index (χ2v) is 4.50. The van der Waals surface area contributed by atoms with Gasteiger partial charge in [0.2, 0.25) is 0 Å². The van der Waals surface area contributed by atoms with Gasteiger partial charge in [0.1, 0.15) is 0 Å². The van der Waals surface area contributed by atoms with Gasteiger partial charge < -0.3 is 5.73 Å². The molecule has 2 rings (SSSR count). The molecule has 0 aromatic carbocycles. The fourth-order valence-corrected chi connectivity index (χ4v) is 2.75. The molecular formula is C10H20N2. The molecule has 1 atom stereocenters. The molecule has 0 saturated carbocycles. The van der Waals surface area contributed by atoms with Crippen LogP contribution in [-0.4, -0.2) is 30.1 Å². The average molecular weight is 168 g/mol. The summed E-state index contributed by atoms with van der Waals surface area (Å²) < 4.78 is 0. The molecule has 2 aliphatic rings. The first-order valence-corrected chi connectivity index (χ1v) is 5.27. The van der Waals surface area contributed by atoms with Crippen molar-refractivity contribution in [2.75, 3.05) is 13.1 Å². The molecule has 12 heavy (non-hydrogen) atoms. The molecular weight excluding hydrogens is 148 g/mol. The zero-order valence-corrected chi connectivity index (χ0v) is 8.00. The van der Waals surface area contributed by atoms with Crippen LogP contribution in [0.2, 0.25) is 0 Å². The summed E-state index contributed by atoms with van der Waals surface area (Å²) in [6, 6.07) is 1.84. The lowest BCUT2D eigenvalue weighted by Gasteiger charge is -2.24. The topological polar surface area (TPSA) is 29.3 Å². The Kier molecular flexibility index (Phi) is 2.37. The largest absolute Gasteiger partial charge is 0.330 e. The van der Waals surface area contributed by atoms with Crippen LogP contribution >= 0.6 is 0 Å². The molecule has 2 aliphatic heterocycles. The smallest absolute Gasteiger partial charge is 0.00994 e. The summed E-state index contributed by atoms with van der Waals surface area (Å²) in [5.41, 5.74) is 5.63. The molecule has 2 N–H and O–H groups in total. The van der Waals surface area contributed by atoms with E-state index in [-0.39, 0.29) is 0 Å². The number of nitrogens with two attached hydrogens (primary N) is 1. The summed E-state index contributed by atoms with van der Waals surface area (Å²) in [6.07, 6.45) is 5.79. The molecule has 2 fully saturated rings. The second-order valence-electron chi connectivity index (χ2n) is 4.50. The highest BCUT2D eigenvalue weighted by atomic mass is 15.2. The second kappa shape index (κ2) is 3.35. The summed E-state index contributed by atoms with van der Waals surface area (Å²) >= 11 is 0. The number of nitrogens with zero attached hydrogens (tertiary/aromatic N) is 1. The van der Waals surface area contributed by atoms with E-state index in [9.17, 15) is 0 Å². The molecule has 0 aromatic heterocycles. The van der Waals surface area contributed by atoms with Crippen molar-refractivity contribution in [2.45, 2.75) is 44.7 Å². The molecule has 70 valence electrons. The van der Waals surface area contributed by atoms with Gasteiger partial charge in [0.25, 0.3) is 0 Å². The van der Waals surface area contributed by atoms with Gasteiger partial charge in [-0.25, -0.2) is 0 Å². The summed E-state index contributed by atoms with van der Waals surface area (Å²) in [6.45, 7) is 4.35. The highest BCUT2D eigenvalue weighted by Crippen LogP contribution is 2.37. The van der Waals surface area contributed by atoms with Crippen LogP contribution in [0.4, 0.5) is 0 Å². The quantitative estimate of drug-likeness (QED) is 0.686. The van der Waals surface area contributed by atoms with Crippen molar-refractivity contribution < 1.29 is 0 Å².